The maximum absolute atomic E-state index is 12.0. The first-order chi connectivity index (χ1) is 10.6. The van der Waals surface area contributed by atoms with Gasteiger partial charge in [0, 0.05) is 37.2 Å². The van der Waals surface area contributed by atoms with Crippen molar-refractivity contribution in [1.82, 2.24) is 9.80 Å². The third-order valence-corrected chi connectivity index (χ3v) is 4.75. The van der Waals surface area contributed by atoms with Crippen molar-refractivity contribution >= 4 is 21.9 Å². The lowest BCUT2D eigenvalue weighted by molar-refractivity contribution is 0.0499. The summed E-state index contributed by atoms with van der Waals surface area (Å²) in [6, 6.07) is 5.77. The van der Waals surface area contributed by atoms with Gasteiger partial charge in [-0.2, -0.15) is 0 Å². The van der Waals surface area contributed by atoms with Gasteiger partial charge in [-0.05, 0) is 31.2 Å². The highest BCUT2D eigenvalue weighted by Crippen LogP contribution is 2.21. The van der Waals surface area contributed by atoms with Crippen LogP contribution in [0.25, 0.3) is 0 Å². The number of likely N-dealkylation sites (N-methyl/N-ethyl adjacent to an activating group) is 1. The summed E-state index contributed by atoms with van der Waals surface area (Å²) in [6.07, 6.45) is 1.94. The highest BCUT2D eigenvalue weighted by molar-refractivity contribution is 9.10. The lowest BCUT2D eigenvalue weighted by Gasteiger charge is -2.32. The molecule has 0 atom stereocenters. The van der Waals surface area contributed by atoms with E-state index in [9.17, 15) is 4.79 Å². The van der Waals surface area contributed by atoms with Gasteiger partial charge in [0.2, 0.25) is 0 Å². The number of benzene rings is 1. The molecule has 0 amide bonds. The Morgan fingerprint density at radius 2 is 2.00 bits per heavy atom. The molecule has 0 unspecified atom stereocenters. The van der Waals surface area contributed by atoms with Gasteiger partial charge in [-0.1, -0.05) is 35.3 Å². The molecule has 122 valence electrons. The number of nitrogens with zero attached hydrogens (tertiary/aromatic N) is 2. The van der Waals surface area contributed by atoms with E-state index in [-0.39, 0.29) is 5.97 Å². The molecule has 1 heterocycles. The molecule has 1 aromatic carbocycles. The molecule has 1 fully saturated rings. The van der Waals surface area contributed by atoms with E-state index < -0.39 is 0 Å². The van der Waals surface area contributed by atoms with Crippen LogP contribution in [0.15, 0.2) is 22.7 Å². The first kappa shape index (κ1) is 17.4. The maximum Gasteiger partial charge on any atom is 0.338 e. The SMILES string of the molecule is CCCCOC(=O)c1ccc(CN2CCN(C)CC2)c(Br)c1. The molecule has 22 heavy (non-hydrogen) atoms. The molecule has 0 saturated carbocycles. The van der Waals surface area contributed by atoms with Crippen molar-refractivity contribution in [2.45, 2.75) is 26.3 Å². The summed E-state index contributed by atoms with van der Waals surface area (Å²) >= 11 is 3.59. The Hall–Kier alpha value is -0.910. The molecule has 0 bridgehead atoms. The van der Waals surface area contributed by atoms with Crippen molar-refractivity contribution in [2.24, 2.45) is 0 Å². The number of unbranched alkanes of at least 4 members (excludes halogenated alkanes) is 1. The van der Waals surface area contributed by atoms with Gasteiger partial charge in [0.1, 0.15) is 0 Å². The molecule has 4 nitrogen and oxygen atoms in total. The van der Waals surface area contributed by atoms with Gasteiger partial charge in [-0.25, -0.2) is 4.79 Å². The van der Waals surface area contributed by atoms with Crippen LogP contribution in [0, 0.1) is 0 Å². The highest BCUT2D eigenvalue weighted by Gasteiger charge is 2.16. The van der Waals surface area contributed by atoms with Crippen LogP contribution in [-0.4, -0.2) is 55.6 Å². The predicted molar refractivity (Wildman–Crippen MR) is 92.1 cm³/mol. The van der Waals surface area contributed by atoms with Crippen LogP contribution < -0.4 is 0 Å². The summed E-state index contributed by atoms with van der Waals surface area (Å²) in [6.45, 7) is 7.89. The Balaban J connectivity index is 1.93. The Morgan fingerprint density at radius 1 is 1.27 bits per heavy atom. The summed E-state index contributed by atoms with van der Waals surface area (Å²) in [7, 11) is 2.16. The smallest absolute Gasteiger partial charge is 0.338 e. The number of hydrogen-bond acceptors (Lipinski definition) is 4. The third-order valence-electron chi connectivity index (χ3n) is 4.01. The van der Waals surface area contributed by atoms with Crippen molar-refractivity contribution in [1.29, 1.82) is 0 Å². The number of rotatable bonds is 6. The van der Waals surface area contributed by atoms with Crippen LogP contribution in [-0.2, 0) is 11.3 Å². The fourth-order valence-corrected chi connectivity index (χ4v) is 2.95. The monoisotopic (exact) mass is 368 g/mol. The average molecular weight is 369 g/mol. The zero-order chi connectivity index (χ0) is 15.9. The lowest BCUT2D eigenvalue weighted by Crippen LogP contribution is -2.43. The van der Waals surface area contributed by atoms with Crippen LogP contribution in [0.5, 0.6) is 0 Å². The number of hydrogen-bond donors (Lipinski definition) is 0. The third kappa shape index (κ3) is 5.07. The van der Waals surface area contributed by atoms with Crippen LogP contribution in [0.2, 0.25) is 0 Å². The Kier molecular flexibility index (Phi) is 6.86. The van der Waals surface area contributed by atoms with Gasteiger partial charge < -0.3 is 9.64 Å². The van der Waals surface area contributed by atoms with Crippen molar-refractivity contribution in [3.8, 4) is 0 Å². The van der Waals surface area contributed by atoms with E-state index in [4.69, 9.17) is 4.74 Å². The Morgan fingerprint density at radius 3 is 2.64 bits per heavy atom. The number of esters is 1. The van der Waals surface area contributed by atoms with Gasteiger partial charge in [0.25, 0.3) is 0 Å². The summed E-state index contributed by atoms with van der Waals surface area (Å²) in [5.41, 5.74) is 1.83. The van der Waals surface area contributed by atoms with Crippen LogP contribution in [0.3, 0.4) is 0 Å². The number of carbonyl (C=O) groups is 1. The van der Waals surface area contributed by atoms with Gasteiger partial charge >= 0.3 is 5.97 Å². The normalized spacial score (nSPS) is 16.7. The quantitative estimate of drug-likeness (QED) is 0.570. The molecular weight excluding hydrogens is 344 g/mol. The molecule has 5 heteroatoms. The summed E-state index contributed by atoms with van der Waals surface area (Å²) in [5.74, 6) is -0.236. The molecule has 1 aromatic rings. The first-order valence-electron chi connectivity index (χ1n) is 7.96. The van der Waals surface area contributed by atoms with Crippen molar-refractivity contribution < 1.29 is 9.53 Å². The molecule has 0 radical (unpaired) electrons. The molecule has 0 N–H and O–H groups in total. The second-order valence-corrected chi connectivity index (χ2v) is 6.73. The van der Waals surface area contributed by atoms with Crippen molar-refractivity contribution in [3.63, 3.8) is 0 Å². The summed E-state index contributed by atoms with van der Waals surface area (Å²) in [5, 5.41) is 0. The number of ether oxygens (including phenoxy) is 1. The van der Waals surface area contributed by atoms with Gasteiger partial charge in [0.15, 0.2) is 0 Å². The van der Waals surface area contributed by atoms with Crippen LogP contribution in [0.4, 0.5) is 0 Å². The fourth-order valence-electron chi connectivity index (χ4n) is 2.44. The topological polar surface area (TPSA) is 32.8 Å². The van der Waals surface area contributed by atoms with Crippen LogP contribution in [0.1, 0.15) is 35.7 Å². The van der Waals surface area contributed by atoms with Gasteiger partial charge in [0.05, 0.1) is 12.2 Å². The zero-order valence-electron chi connectivity index (χ0n) is 13.5. The highest BCUT2D eigenvalue weighted by atomic mass is 79.9. The largest absolute Gasteiger partial charge is 0.462 e. The molecule has 1 aliphatic rings. The van der Waals surface area contributed by atoms with Crippen LogP contribution >= 0.6 is 15.9 Å². The number of carbonyl (C=O) groups excluding carboxylic acids is 1. The Labute approximate surface area is 141 Å². The first-order valence-corrected chi connectivity index (χ1v) is 8.76. The molecule has 0 aromatic heterocycles. The molecule has 1 aliphatic heterocycles. The number of piperazine rings is 1. The van der Waals surface area contributed by atoms with Gasteiger partial charge in [-0.15, -0.1) is 0 Å². The standard InChI is InChI=1S/C17H25BrN2O2/c1-3-4-11-22-17(21)14-5-6-15(16(18)12-14)13-20-9-7-19(2)8-10-20/h5-6,12H,3-4,7-11,13H2,1-2H3. The fraction of sp³-hybridized carbons (Fsp3) is 0.588. The minimum absolute atomic E-state index is 0.236. The second-order valence-electron chi connectivity index (χ2n) is 5.88. The zero-order valence-corrected chi connectivity index (χ0v) is 15.1. The maximum atomic E-state index is 12.0. The molecular formula is C17H25BrN2O2. The summed E-state index contributed by atoms with van der Waals surface area (Å²) < 4.78 is 6.23. The number of halogens is 1. The Bertz CT molecular complexity index is 499. The minimum Gasteiger partial charge on any atom is -0.462 e. The molecule has 2 rings (SSSR count). The molecule has 1 saturated heterocycles. The predicted octanol–water partition coefficient (Wildman–Crippen LogP) is 3.15. The molecule has 0 aliphatic carbocycles. The van der Waals surface area contributed by atoms with E-state index in [1.807, 2.05) is 18.2 Å². The van der Waals surface area contributed by atoms with Gasteiger partial charge in [-0.3, -0.25) is 4.90 Å². The van der Waals surface area contributed by atoms with Crippen molar-refractivity contribution in [3.05, 3.63) is 33.8 Å². The average Bonchev–Trinajstić information content (AvgIpc) is 2.51. The van der Waals surface area contributed by atoms with E-state index in [1.165, 1.54) is 5.56 Å². The summed E-state index contributed by atoms with van der Waals surface area (Å²) in [4.78, 5) is 16.7. The van der Waals surface area contributed by atoms with E-state index in [0.717, 1.165) is 50.0 Å². The van der Waals surface area contributed by atoms with E-state index >= 15 is 0 Å². The minimum atomic E-state index is -0.236. The van der Waals surface area contributed by atoms with Crippen molar-refractivity contribution in [2.75, 3.05) is 39.8 Å². The second kappa shape index (κ2) is 8.65. The lowest BCUT2D eigenvalue weighted by atomic mass is 10.1. The van der Waals surface area contributed by atoms with E-state index in [0.29, 0.717) is 12.2 Å². The van der Waals surface area contributed by atoms with E-state index in [2.05, 4.69) is 39.7 Å². The molecule has 0 spiro atoms. The van der Waals surface area contributed by atoms with E-state index in [1.54, 1.807) is 0 Å².